The highest BCUT2D eigenvalue weighted by molar-refractivity contribution is 5.32. The van der Waals surface area contributed by atoms with E-state index in [4.69, 9.17) is 0 Å². The molecule has 1 aromatic carbocycles. The first kappa shape index (κ1) is 24.7. The molecule has 0 amide bonds. The number of alkyl halides is 11. The maximum Gasteiger partial charge on any atom is 0.384 e. The number of halogens is 11. The zero-order valence-corrected chi connectivity index (χ0v) is 15.3. The lowest BCUT2D eigenvalue weighted by Crippen LogP contribution is -2.83. The summed E-state index contributed by atoms with van der Waals surface area (Å²) >= 11 is 0. The Balaban J connectivity index is 2.59. The van der Waals surface area contributed by atoms with Crippen LogP contribution in [0.4, 0.5) is 48.3 Å². The first-order valence-electron chi connectivity index (χ1n) is 8.78. The van der Waals surface area contributed by atoms with Crippen LogP contribution in [0.25, 0.3) is 0 Å². The molecular formula is C18H17F11O. The van der Waals surface area contributed by atoms with Crippen molar-refractivity contribution in [1.29, 1.82) is 0 Å². The Morgan fingerprint density at radius 2 is 1.17 bits per heavy atom. The van der Waals surface area contributed by atoms with Crippen molar-refractivity contribution in [2.45, 2.75) is 74.0 Å². The average molecular weight is 458 g/mol. The minimum Gasteiger partial charge on any atom is -0.388 e. The lowest BCUT2D eigenvalue weighted by molar-refractivity contribution is -0.487. The fourth-order valence-electron chi connectivity index (χ4n) is 3.37. The lowest BCUT2D eigenvalue weighted by atomic mass is 9.69. The molecule has 1 aliphatic carbocycles. The van der Waals surface area contributed by atoms with Crippen molar-refractivity contribution in [2.24, 2.45) is 0 Å². The van der Waals surface area contributed by atoms with Gasteiger partial charge in [0.05, 0.1) is 6.10 Å². The highest BCUT2D eigenvalue weighted by Crippen LogP contribution is 2.70. The summed E-state index contributed by atoms with van der Waals surface area (Å²) in [6.45, 7) is 1.74. The summed E-state index contributed by atoms with van der Waals surface area (Å²) in [5.74, 6) is -35.5. The third kappa shape index (κ3) is 2.92. The summed E-state index contributed by atoms with van der Waals surface area (Å²) in [6, 6.07) is 4.84. The Bertz CT molecular complexity index is 745. The Kier molecular flexibility index (Phi) is 5.95. The van der Waals surface area contributed by atoms with Crippen LogP contribution in [0.3, 0.4) is 0 Å². The Labute approximate surface area is 163 Å². The fourth-order valence-corrected chi connectivity index (χ4v) is 3.37. The number of hydrogen-bond acceptors (Lipinski definition) is 1. The predicted octanol–water partition coefficient (Wildman–Crippen LogP) is 6.35. The van der Waals surface area contributed by atoms with Crippen molar-refractivity contribution in [2.75, 3.05) is 0 Å². The van der Waals surface area contributed by atoms with Crippen LogP contribution < -0.4 is 0 Å². The second-order valence-corrected chi connectivity index (χ2v) is 7.20. The molecule has 0 spiro atoms. The largest absolute Gasteiger partial charge is 0.388 e. The summed E-state index contributed by atoms with van der Waals surface area (Å²) < 4.78 is 152. The number of unbranched alkanes of at least 4 members (excludes halogenated alkanes) is 1. The van der Waals surface area contributed by atoms with Crippen molar-refractivity contribution < 1.29 is 53.4 Å². The van der Waals surface area contributed by atoms with E-state index in [1.54, 1.807) is 6.92 Å². The van der Waals surface area contributed by atoms with Gasteiger partial charge in [-0.1, -0.05) is 37.6 Å². The van der Waals surface area contributed by atoms with Crippen LogP contribution in [0.15, 0.2) is 24.3 Å². The van der Waals surface area contributed by atoms with Gasteiger partial charge in [-0.25, -0.2) is 4.39 Å². The van der Waals surface area contributed by atoms with E-state index in [1.807, 2.05) is 0 Å². The van der Waals surface area contributed by atoms with Gasteiger partial charge in [-0.3, -0.25) is 0 Å². The smallest absolute Gasteiger partial charge is 0.384 e. The maximum absolute atomic E-state index is 14.8. The molecule has 12 heteroatoms. The average Bonchev–Trinajstić information content (AvgIpc) is 2.64. The van der Waals surface area contributed by atoms with Crippen molar-refractivity contribution in [3.63, 3.8) is 0 Å². The standard InChI is InChI=1S/C18H17F11O/c1-2-3-6-10-7-4-5-8-11(10)12(30)9-13(19)14(20,21)16(24,25)18(28,29)17(26,27)15(13,22)23/h4-5,7-8,12,30H,2-3,6,9H2,1H3. The molecule has 1 atom stereocenters. The summed E-state index contributed by atoms with van der Waals surface area (Å²) in [5.41, 5.74) is -6.49. The zero-order valence-electron chi connectivity index (χ0n) is 15.3. The van der Waals surface area contributed by atoms with Gasteiger partial charge in [-0.2, -0.15) is 43.9 Å². The van der Waals surface area contributed by atoms with E-state index in [2.05, 4.69) is 0 Å². The molecule has 0 radical (unpaired) electrons. The van der Waals surface area contributed by atoms with Gasteiger partial charge in [-0.15, -0.1) is 0 Å². The Morgan fingerprint density at radius 1 is 0.733 bits per heavy atom. The SMILES string of the molecule is CCCCc1ccccc1C(O)CC1(F)C(F)(F)C(F)(F)C(F)(F)C(F)(F)C1(F)F. The Morgan fingerprint density at radius 3 is 1.63 bits per heavy atom. The van der Waals surface area contributed by atoms with Crippen LogP contribution in [0.1, 0.15) is 43.4 Å². The first-order valence-corrected chi connectivity index (χ1v) is 8.78. The first-order chi connectivity index (χ1) is 13.4. The van der Waals surface area contributed by atoms with E-state index in [0.717, 1.165) is 6.07 Å². The molecule has 1 aliphatic rings. The van der Waals surface area contributed by atoms with E-state index in [-0.39, 0.29) is 12.0 Å². The van der Waals surface area contributed by atoms with Crippen LogP contribution in [0.2, 0.25) is 0 Å². The fraction of sp³-hybridized carbons (Fsp3) is 0.667. The molecule has 0 heterocycles. The number of aliphatic hydroxyl groups is 1. The van der Waals surface area contributed by atoms with Crippen LogP contribution >= 0.6 is 0 Å². The molecule has 2 rings (SSSR count). The normalized spacial score (nSPS) is 26.2. The van der Waals surface area contributed by atoms with E-state index in [1.165, 1.54) is 18.2 Å². The maximum atomic E-state index is 14.8. The van der Waals surface area contributed by atoms with Crippen molar-refractivity contribution >= 4 is 0 Å². The van der Waals surface area contributed by atoms with Crippen LogP contribution in [-0.2, 0) is 6.42 Å². The summed E-state index contributed by atoms with van der Waals surface area (Å²) in [4.78, 5) is 0. The van der Waals surface area contributed by atoms with Gasteiger partial charge in [-0.05, 0) is 24.0 Å². The lowest BCUT2D eigenvalue weighted by Gasteiger charge is -2.53. The quantitative estimate of drug-likeness (QED) is 0.493. The van der Waals surface area contributed by atoms with Crippen molar-refractivity contribution in [3.8, 4) is 0 Å². The number of benzene rings is 1. The second kappa shape index (κ2) is 7.23. The number of aryl methyl sites for hydroxylation is 1. The molecule has 0 aromatic heterocycles. The van der Waals surface area contributed by atoms with Gasteiger partial charge in [0.25, 0.3) is 5.67 Å². The highest BCUT2D eigenvalue weighted by atomic mass is 19.4. The summed E-state index contributed by atoms with van der Waals surface area (Å²) in [6.07, 6.45) is -4.18. The molecular weight excluding hydrogens is 441 g/mol. The van der Waals surface area contributed by atoms with Gasteiger partial charge in [0, 0.05) is 6.42 Å². The van der Waals surface area contributed by atoms with Crippen LogP contribution in [0.5, 0.6) is 0 Å². The number of aliphatic hydroxyl groups excluding tert-OH is 1. The van der Waals surface area contributed by atoms with E-state index in [0.29, 0.717) is 12.8 Å². The van der Waals surface area contributed by atoms with E-state index < -0.39 is 53.4 Å². The van der Waals surface area contributed by atoms with E-state index >= 15 is 0 Å². The molecule has 0 bridgehead atoms. The minimum absolute atomic E-state index is 0.139. The predicted molar refractivity (Wildman–Crippen MR) is 83.2 cm³/mol. The monoisotopic (exact) mass is 458 g/mol. The third-order valence-electron chi connectivity index (χ3n) is 5.26. The van der Waals surface area contributed by atoms with Gasteiger partial charge >= 0.3 is 29.6 Å². The molecule has 1 nitrogen and oxygen atoms in total. The summed E-state index contributed by atoms with van der Waals surface area (Å²) in [7, 11) is 0. The molecule has 30 heavy (non-hydrogen) atoms. The molecule has 1 aromatic rings. The number of rotatable bonds is 6. The van der Waals surface area contributed by atoms with E-state index in [9.17, 15) is 53.4 Å². The zero-order chi connectivity index (χ0) is 23.4. The van der Waals surface area contributed by atoms with Crippen LogP contribution in [-0.4, -0.2) is 40.4 Å². The van der Waals surface area contributed by atoms with Gasteiger partial charge in [0.15, 0.2) is 0 Å². The minimum atomic E-state index is -7.26. The second-order valence-electron chi connectivity index (χ2n) is 7.20. The van der Waals surface area contributed by atoms with Gasteiger partial charge in [0.1, 0.15) is 0 Å². The van der Waals surface area contributed by atoms with Gasteiger partial charge < -0.3 is 5.11 Å². The molecule has 1 fully saturated rings. The number of hydrogen-bond donors (Lipinski definition) is 1. The molecule has 0 saturated heterocycles. The Hall–Kier alpha value is -1.59. The summed E-state index contributed by atoms with van der Waals surface area (Å²) in [5, 5.41) is 10.1. The van der Waals surface area contributed by atoms with Crippen LogP contribution in [0, 0.1) is 0 Å². The highest BCUT2D eigenvalue weighted by Gasteiger charge is 3.00. The molecule has 1 N–H and O–H groups in total. The molecule has 172 valence electrons. The molecule has 1 unspecified atom stereocenters. The van der Waals surface area contributed by atoms with Gasteiger partial charge in [0.2, 0.25) is 0 Å². The molecule has 0 aliphatic heterocycles. The van der Waals surface area contributed by atoms with Crippen molar-refractivity contribution in [3.05, 3.63) is 35.4 Å². The molecule has 1 saturated carbocycles. The third-order valence-corrected chi connectivity index (χ3v) is 5.26. The topological polar surface area (TPSA) is 20.2 Å². The van der Waals surface area contributed by atoms with Crippen molar-refractivity contribution in [1.82, 2.24) is 0 Å².